The van der Waals surface area contributed by atoms with Crippen LogP contribution < -0.4 is 9.47 Å². The van der Waals surface area contributed by atoms with Crippen LogP contribution in [0.5, 0.6) is 11.5 Å². The van der Waals surface area contributed by atoms with E-state index in [0.717, 1.165) is 11.1 Å². The molecule has 0 aromatic heterocycles. The van der Waals surface area contributed by atoms with Crippen molar-refractivity contribution in [3.05, 3.63) is 22.8 Å². The lowest BCUT2D eigenvalue weighted by Gasteiger charge is -2.16. The molecule has 0 bridgehead atoms. The van der Waals surface area contributed by atoms with Gasteiger partial charge in [0.2, 0.25) is 9.05 Å². The van der Waals surface area contributed by atoms with Crippen LogP contribution in [0.1, 0.15) is 16.7 Å². The van der Waals surface area contributed by atoms with Gasteiger partial charge in [-0.05, 0) is 25.0 Å². The summed E-state index contributed by atoms with van der Waals surface area (Å²) in [6.45, 7) is 3.76. The Hall–Kier alpha value is -0.940. The number of hydrogen-bond acceptors (Lipinski definition) is 4. The summed E-state index contributed by atoms with van der Waals surface area (Å²) in [6.07, 6.45) is 0. The number of rotatable bonds is 4. The Labute approximate surface area is 106 Å². The van der Waals surface area contributed by atoms with E-state index in [1.54, 1.807) is 6.07 Å². The van der Waals surface area contributed by atoms with Crippen molar-refractivity contribution in [1.82, 2.24) is 0 Å². The highest BCUT2D eigenvalue weighted by Gasteiger charge is 2.19. The van der Waals surface area contributed by atoms with Crippen LogP contribution in [0.2, 0.25) is 0 Å². The van der Waals surface area contributed by atoms with Gasteiger partial charge in [0.1, 0.15) is 0 Å². The summed E-state index contributed by atoms with van der Waals surface area (Å²) in [5.41, 5.74) is 2.35. The molecule has 0 amide bonds. The summed E-state index contributed by atoms with van der Waals surface area (Å²) >= 11 is 0. The Morgan fingerprint density at radius 3 is 2.12 bits per heavy atom. The molecular weight excluding hydrogens is 264 g/mol. The topological polar surface area (TPSA) is 52.6 Å². The zero-order valence-electron chi connectivity index (χ0n) is 10.2. The third kappa shape index (κ3) is 3.26. The van der Waals surface area contributed by atoms with E-state index in [4.69, 9.17) is 20.2 Å². The van der Waals surface area contributed by atoms with Crippen LogP contribution in [0, 0.1) is 13.8 Å². The average molecular weight is 279 g/mol. The maximum absolute atomic E-state index is 11.1. The summed E-state index contributed by atoms with van der Waals surface area (Å²) < 4.78 is 32.7. The van der Waals surface area contributed by atoms with Crippen molar-refractivity contribution < 1.29 is 17.9 Å². The molecule has 0 aliphatic rings. The number of methoxy groups -OCH3 is 2. The van der Waals surface area contributed by atoms with Gasteiger partial charge in [0.25, 0.3) is 0 Å². The summed E-state index contributed by atoms with van der Waals surface area (Å²) in [7, 11) is 4.62. The molecule has 1 aromatic carbocycles. The monoisotopic (exact) mass is 278 g/mol. The van der Waals surface area contributed by atoms with Gasteiger partial charge in [-0.1, -0.05) is 6.07 Å². The van der Waals surface area contributed by atoms with Crippen molar-refractivity contribution in [2.75, 3.05) is 14.2 Å². The van der Waals surface area contributed by atoms with Gasteiger partial charge in [0.05, 0.1) is 20.0 Å². The number of ether oxygens (including phenoxy) is 2. The summed E-state index contributed by atoms with van der Waals surface area (Å²) in [5.74, 6) is 0.678. The van der Waals surface area contributed by atoms with Gasteiger partial charge >= 0.3 is 0 Å². The van der Waals surface area contributed by atoms with E-state index in [1.807, 2.05) is 13.8 Å². The van der Waals surface area contributed by atoms with Crippen molar-refractivity contribution in [3.63, 3.8) is 0 Å². The zero-order chi connectivity index (χ0) is 13.2. The Kier molecular flexibility index (Phi) is 4.27. The maximum atomic E-state index is 11.1. The van der Waals surface area contributed by atoms with Gasteiger partial charge in [-0.25, -0.2) is 8.42 Å². The molecule has 0 aliphatic carbocycles. The van der Waals surface area contributed by atoms with Gasteiger partial charge in [-0.15, -0.1) is 0 Å². The molecule has 4 nitrogen and oxygen atoms in total. The van der Waals surface area contributed by atoms with Crippen molar-refractivity contribution >= 4 is 19.7 Å². The van der Waals surface area contributed by atoms with Crippen LogP contribution in [0.15, 0.2) is 6.07 Å². The average Bonchev–Trinajstić information content (AvgIpc) is 2.20. The number of aryl methyl sites for hydroxylation is 1. The molecule has 1 aromatic rings. The van der Waals surface area contributed by atoms with E-state index in [2.05, 4.69) is 0 Å². The molecule has 0 N–H and O–H groups in total. The normalized spacial score (nSPS) is 11.4. The lowest BCUT2D eigenvalue weighted by molar-refractivity contribution is 0.350. The minimum atomic E-state index is -3.63. The molecule has 0 aliphatic heterocycles. The molecule has 6 heteroatoms. The Bertz CT molecular complexity index is 523. The summed E-state index contributed by atoms with van der Waals surface area (Å²) in [5, 5.41) is 0. The summed E-state index contributed by atoms with van der Waals surface area (Å²) in [6, 6.07) is 1.75. The van der Waals surface area contributed by atoms with Gasteiger partial charge in [0, 0.05) is 16.2 Å². The quantitative estimate of drug-likeness (QED) is 0.794. The zero-order valence-corrected chi connectivity index (χ0v) is 11.8. The Balaban J connectivity index is 3.45. The van der Waals surface area contributed by atoms with Crippen LogP contribution in [0.3, 0.4) is 0 Å². The standard InChI is InChI=1S/C11H15ClO4S/c1-7-5-9(6-17(12,13)14)11(16-4)10(15-3)8(7)2/h5H,6H2,1-4H3. The third-order valence-corrected chi connectivity index (χ3v) is 3.54. The fourth-order valence-electron chi connectivity index (χ4n) is 1.69. The predicted octanol–water partition coefficient (Wildman–Crippen LogP) is 2.39. The highest BCUT2D eigenvalue weighted by atomic mass is 35.7. The first-order chi connectivity index (χ1) is 7.80. The van der Waals surface area contributed by atoms with Crippen molar-refractivity contribution in [3.8, 4) is 11.5 Å². The summed E-state index contributed by atoms with van der Waals surface area (Å²) in [4.78, 5) is 0. The van der Waals surface area contributed by atoms with Crippen molar-refractivity contribution in [1.29, 1.82) is 0 Å². The smallest absolute Gasteiger partial charge is 0.236 e. The lowest BCUT2D eigenvalue weighted by atomic mass is 10.0. The van der Waals surface area contributed by atoms with Gasteiger partial charge in [-0.3, -0.25) is 0 Å². The van der Waals surface area contributed by atoms with Gasteiger partial charge < -0.3 is 9.47 Å². The second kappa shape index (κ2) is 5.14. The molecule has 0 heterocycles. The van der Waals surface area contributed by atoms with E-state index in [1.165, 1.54) is 14.2 Å². The van der Waals surface area contributed by atoms with E-state index >= 15 is 0 Å². The fraction of sp³-hybridized carbons (Fsp3) is 0.455. The molecule has 0 atom stereocenters. The van der Waals surface area contributed by atoms with Crippen molar-refractivity contribution in [2.24, 2.45) is 0 Å². The second-order valence-corrected chi connectivity index (χ2v) is 6.50. The Morgan fingerprint density at radius 2 is 1.71 bits per heavy atom. The van der Waals surface area contributed by atoms with E-state index in [-0.39, 0.29) is 5.75 Å². The first kappa shape index (κ1) is 14.1. The largest absolute Gasteiger partial charge is 0.493 e. The molecule has 96 valence electrons. The molecule has 0 spiro atoms. The van der Waals surface area contributed by atoms with Gasteiger partial charge in [0.15, 0.2) is 11.5 Å². The van der Waals surface area contributed by atoms with Crippen LogP contribution in [-0.2, 0) is 14.8 Å². The molecule has 0 saturated heterocycles. The highest BCUT2D eigenvalue weighted by Crippen LogP contribution is 2.37. The molecule has 1 rings (SSSR count). The minimum Gasteiger partial charge on any atom is -0.493 e. The van der Waals surface area contributed by atoms with E-state index in [0.29, 0.717) is 17.1 Å². The van der Waals surface area contributed by atoms with E-state index in [9.17, 15) is 8.42 Å². The molecule has 0 radical (unpaired) electrons. The SMILES string of the molecule is COc1c(CS(=O)(=O)Cl)cc(C)c(C)c1OC. The van der Waals surface area contributed by atoms with Crippen molar-refractivity contribution in [2.45, 2.75) is 19.6 Å². The molecule has 0 unspecified atom stereocenters. The molecule has 0 saturated carbocycles. The maximum Gasteiger partial charge on any atom is 0.236 e. The lowest BCUT2D eigenvalue weighted by Crippen LogP contribution is -2.03. The van der Waals surface area contributed by atoms with Gasteiger partial charge in [-0.2, -0.15) is 0 Å². The minimum absolute atomic E-state index is 0.283. The Morgan fingerprint density at radius 1 is 1.18 bits per heavy atom. The van der Waals surface area contributed by atoms with Crippen LogP contribution in [-0.4, -0.2) is 22.6 Å². The number of halogens is 1. The number of hydrogen-bond donors (Lipinski definition) is 0. The highest BCUT2D eigenvalue weighted by molar-refractivity contribution is 8.13. The molecular formula is C11H15ClO4S. The second-order valence-electron chi connectivity index (χ2n) is 3.73. The van der Waals surface area contributed by atoms with Crippen LogP contribution in [0.4, 0.5) is 0 Å². The third-order valence-electron chi connectivity index (χ3n) is 2.56. The van der Waals surface area contributed by atoms with Crippen LogP contribution >= 0.6 is 10.7 Å². The first-order valence-corrected chi connectivity index (χ1v) is 7.41. The number of benzene rings is 1. The van der Waals surface area contributed by atoms with E-state index < -0.39 is 9.05 Å². The predicted molar refractivity (Wildman–Crippen MR) is 67.5 cm³/mol. The fourth-order valence-corrected chi connectivity index (χ4v) is 2.63. The molecule has 0 fully saturated rings. The first-order valence-electron chi connectivity index (χ1n) is 4.93. The molecule has 17 heavy (non-hydrogen) atoms. The van der Waals surface area contributed by atoms with Crippen LogP contribution in [0.25, 0.3) is 0 Å².